The van der Waals surface area contributed by atoms with Gasteiger partial charge in [-0.1, -0.05) is 72.3 Å². The van der Waals surface area contributed by atoms with Gasteiger partial charge in [0.15, 0.2) is 0 Å². The molecule has 5 aromatic rings. The maximum Gasteiger partial charge on any atom is 0.119 e. The van der Waals surface area contributed by atoms with E-state index >= 15 is 0 Å². The largest absolute Gasteiger partial charge is 0.497 e. The SMILES string of the molecule is COc1ccc(N(c2ccc(C=C(c3ccccc3)c3ccc(C)cc3)cc2)c2ccc(OC)cc2)cc1. The van der Waals surface area contributed by atoms with Gasteiger partial charge in [-0.25, -0.2) is 0 Å². The van der Waals surface area contributed by atoms with Crippen molar-refractivity contribution in [1.82, 2.24) is 0 Å². The van der Waals surface area contributed by atoms with Gasteiger partial charge >= 0.3 is 0 Å². The number of nitrogens with zero attached hydrogens (tertiary/aromatic N) is 1. The summed E-state index contributed by atoms with van der Waals surface area (Å²) in [6.45, 7) is 2.12. The zero-order valence-electron chi connectivity index (χ0n) is 22.0. The monoisotopic (exact) mass is 497 g/mol. The number of methoxy groups -OCH3 is 2. The zero-order chi connectivity index (χ0) is 26.3. The van der Waals surface area contributed by atoms with Crippen LogP contribution in [-0.4, -0.2) is 14.2 Å². The van der Waals surface area contributed by atoms with Crippen molar-refractivity contribution in [2.24, 2.45) is 0 Å². The molecule has 0 heterocycles. The molecule has 0 atom stereocenters. The summed E-state index contributed by atoms with van der Waals surface area (Å²) in [4.78, 5) is 2.23. The Morgan fingerprint density at radius 3 is 1.45 bits per heavy atom. The molecule has 38 heavy (non-hydrogen) atoms. The number of hydrogen-bond acceptors (Lipinski definition) is 3. The van der Waals surface area contributed by atoms with Crippen molar-refractivity contribution >= 4 is 28.7 Å². The molecule has 0 aliphatic carbocycles. The number of ether oxygens (including phenoxy) is 2. The van der Waals surface area contributed by atoms with E-state index in [0.717, 1.165) is 34.1 Å². The van der Waals surface area contributed by atoms with Crippen molar-refractivity contribution in [3.05, 3.63) is 150 Å². The van der Waals surface area contributed by atoms with Crippen molar-refractivity contribution in [1.29, 1.82) is 0 Å². The van der Waals surface area contributed by atoms with Crippen LogP contribution in [-0.2, 0) is 0 Å². The van der Waals surface area contributed by atoms with E-state index in [0.29, 0.717) is 0 Å². The Morgan fingerprint density at radius 2 is 0.974 bits per heavy atom. The summed E-state index contributed by atoms with van der Waals surface area (Å²) in [6.07, 6.45) is 2.26. The van der Waals surface area contributed by atoms with E-state index in [1.54, 1.807) is 14.2 Å². The van der Waals surface area contributed by atoms with Gasteiger partial charge in [0.05, 0.1) is 14.2 Å². The van der Waals surface area contributed by atoms with Crippen LogP contribution in [0.15, 0.2) is 127 Å². The van der Waals surface area contributed by atoms with Gasteiger partial charge in [0.1, 0.15) is 11.5 Å². The molecule has 0 fully saturated rings. The van der Waals surface area contributed by atoms with Crippen LogP contribution in [0, 0.1) is 6.92 Å². The van der Waals surface area contributed by atoms with Gasteiger partial charge in [-0.2, -0.15) is 0 Å². The third-order valence-corrected chi connectivity index (χ3v) is 6.57. The van der Waals surface area contributed by atoms with Crippen molar-refractivity contribution in [2.45, 2.75) is 6.92 Å². The van der Waals surface area contributed by atoms with Gasteiger partial charge in [-0.3, -0.25) is 0 Å². The predicted molar refractivity (Wildman–Crippen MR) is 159 cm³/mol. The molecule has 0 unspecified atom stereocenters. The highest BCUT2D eigenvalue weighted by Crippen LogP contribution is 2.36. The molecule has 5 rings (SSSR count). The molecule has 3 nitrogen and oxygen atoms in total. The van der Waals surface area contributed by atoms with Crippen LogP contribution >= 0.6 is 0 Å². The predicted octanol–water partition coefficient (Wildman–Crippen LogP) is 9.07. The smallest absolute Gasteiger partial charge is 0.119 e. The first-order valence-electron chi connectivity index (χ1n) is 12.7. The van der Waals surface area contributed by atoms with Crippen LogP contribution < -0.4 is 14.4 Å². The summed E-state index contributed by atoms with van der Waals surface area (Å²) in [7, 11) is 3.37. The average Bonchev–Trinajstić information content (AvgIpc) is 2.98. The molecule has 0 bridgehead atoms. The fourth-order valence-corrected chi connectivity index (χ4v) is 4.48. The molecule has 188 valence electrons. The summed E-state index contributed by atoms with van der Waals surface area (Å²) in [5.41, 5.74) is 9.13. The first-order valence-corrected chi connectivity index (χ1v) is 12.7. The van der Waals surface area contributed by atoms with Crippen LogP contribution in [0.5, 0.6) is 11.5 Å². The van der Waals surface area contributed by atoms with E-state index in [1.807, 2.05) is 24.3 Å². The Hall–Kier alpha value is -4.76. The molecular formula is C35H31NO2. The molecule has 5 aromatic carbocycles. The average molecular weight is 498 g/mol. The van der Waals surface area contributed by atoms with Crippen molar-refractivity contribution in [3.8, 4) is 11.5 Å². The standard InChI is InChI=1S/C35H31NO2/c1-26-9-13-29(14-10-26)35(28-7-5-4-6-8-28)25-27-11-15-30(16-12-27)36(31-17-21-33(37-2)22-18-31)32-19-23-34(38-3)24-20-32/h4-25H,1-3H3. The van der Waals surface area contributed by atoms with Crippen LogP contribution in [0.3, 0.4) is 0 Å². The maximum atomic E-state index is 5.38. The van der Waals surface area contributed by atoms with Crippen LogP contribution in [0.1, 0.15) is 22.3 Å². The van der Waals surface area contributed by atoms with Gasteiger partial charge < -0.3 is 14.4 Å². The molecule has 0 radical (unpaired) electrons. The fourth-order valence-electron chi connectivity index (χ4n) is 4.48. The lowest BCUT2D eigenvalue weighted by Crippen LogP contribution is -2.09. The third kappa shape index (κ3) is 5.63. The highest BCUT2D eigenvalue weighted by Gasteiger charge is 2.13. The van der Waals surface area contributed by atoms with E-state index < -0.39 is 0 Å². The fraction of sp³-hybridized carbons (Fsp3) is 0.0857. The van der Waals surface area contributed by atoms with Crippen molar-refractivity contribution in [2.75, 3.05) is 19.1 Å². The summed E-state index contributed by atoms with van der Waals surface area (Å²) in [5, 5.41) is 0. The second kappa shape index (κ2) is 11.5. The van der Waals surface area contributed by atoms with Crippen LogP contribution in [0.25, 0.3) is 11.6 Å². The lowest BCUT2D eigenvalue weighted by Gasteiger charge is -2.26. The molecule has 3 heteroatoms. The molecule has 0 aliphatic rings. The summed E-state index contributed by atoms with van der Waals surface area (Å²) in [5.74, 6) is 1.65. The number of rotatable bonds is 8. The highest BCUT2D eigenvalue weighted by molar-refractivity contribution is 5.91. The van der Waals surface area contributed by atoms with Gasteiger partial charge in [0.2, 0.25) is 0 Å². The Kier molecular flexibility index (Phi) is 7.56. The summed E-state index contributed by atoms with van der Waals surface area (Å²) < 4.78 is 10.8. The van der Waals surface area contributed by atoms with E-state index in [9.17, 15) is 0 Å². The topological polar surface area (TPSA) is 21.7 Å². The Balaban J connectivity index is 1.54. The number of benzene rings is 5. The van der Waals surface area contributed by atoms with Crippen molar-refractivity contribution < 1.29 is 9.47 Å². The van der Waals surface area contributed by atoms with Gasteiger partial charge in [0, 0.05) is 17.1 Å². The maximum absolute atomic E-state index is 5.38. The summed E-state index contributed by atoms with van der Waals surface area (Å²) in [6, 6.07) is 44.2. The normalized spacial score (nSPS) is 11.2. The first kappa shape index (κ1) is 24.9. The molecular weight excluding hydrogens is 466 g/mol. The Morgan fingerprint density at radius 1 is 0.526 bits per heavy atom. The minimum atomic E-state index is 0.827. The Bertz CT molecular complexity index is 1440. The van der Waals surface area contributed by atoms with E-state index in [2.05, 4.69) is 121 Å². The van der Waals surface area contributed by atoms with E-state index in [-0.39, 0.29) is 0 Å². The molecule has 0 spiro atoms. The first-order chi connectivity index (χ1) is 18.6. The third-order valence-electron chi connectivity index (χ3n) is 6.57. The van der Waals surface area contributed by atoms with E-state index in [1.165, 1.54) is 22.3 Å². The van der Waals surface area contributed by atoms with E-state index in [4.69, 9.17) is 9.47 Å². The second-order valence-electron chi connectivity index (χ2n) is 9.11. The van der Waals surface area contributed by atoms with Crippen LogP contribution in [0.2, 0.25) is 0 Å². The minimum absolute atomic E-state index is 0.827. The Labute approximate surface area is 225 Å². The summed E-state index contributed by atoms with van der Waals surface area (Å²) >= 11 is 0. The number of aryl methyl sites for hydroxylation is 1. The number of hydrogen-bond donors (Lipinski definition) is 0. The van der Waals surface area contributed by atoms with Gasteiger partial charge in [-0.05, 0) is 95.9 Å². The van der Waals surface area contributed by atoms with Gasteiger partial charge in [0.25, 0.3) is 0 Å². The van der Waals surface area contributed by atoms with Gasteiger partial charge in [-0.15, -0.1) is 0 Å². The second-order valence-corrected chi connectivity index (χ2v) is 9.11. The zero-order valence-corrected chi connectivity index (χ0v) is 22.0. The molecule has 0 saturated carbocycles. The molecule has 0 amide bonds. The molecule has 0 N–H and O–H groups in total. The minimum Gasteiger partial charge on any atom is -0.497 e. The highest BCUT2D eigenvalue weighted by atomic mass is 16.5. The quantitative estimate of drug-likeness (QED) is 0.200. The molecule has 0 aliphatic heterocycles. The number of anilines is 3. The molecule has 0 aromatic heterocycles. The lowest BCUT2D eigenvalue weighted by atomic mass is 9.95. The molecule has 0 saturated heterocycles. The van der Waals surface area contributed by atoms with Crippen LogP contribution in [0.4, 0.5) is 17.1 Å². The van der Waals surface area contributed by atoms with Crippen molar-refractivity contribution in [3.63, 3.8) is 0 Å². The lowest BCUT2D eigenvalue weighted by molar-refractivity contribution is 0.415.